The van der Waals surface area contributed by atoms with Crippen LogP contribution in [0, 0.1) is 24.1 Å². The summed E-state index contributed by atoms with van der Waals surface area (Å²) >= 11 is 0. The molecule has 0 saturated carbocycles. The standard InChI is InChI=1S/C25H27FN6O2/c1-15(2)31-10-9-30(14-16(31)3)24(33)19-6-8-22(28-12-19)32-25(34)21(13-29-32)20-7-5-18(11-27)23(26)17(20)4/h5-8,12-13,15-16,34H,9-10,14H2,1-4H3/t16-/m0/s1. The molecule has 0 spiro atoms. The number of hydrogen-bond donors (Lipinski definition) is 1. The molecule has 1 amide bonds. The summed E-state index contributed by atoms with van der Waals surface area (Å²) in [6.45, 7) is 10.1. The highest BCUT2D eigenvalue weighted by atomic mass is 19.1. The zero-order valence-corrected chi connectivity index (χ0v) is 19.7. The van der Waals surface area contributed by atoms with Crippen LogP contribution in [0.2, 0.25) is 0 Å². The Kier molecular flexibility index (Phi) is 6.35. The summed E-state index contributed by atoms with van der Waals surface area (Å²) in [4.78, 5) is 21.5. The van der Waals surface area contributed by atoms with E-state index in [4.69, 9.17) is 5.26 Å². The maximum Gasteiger partial charge on any atom is 0.255 e. The van der Waals surface area contributed by atoms with E-state index in [2.05, 4.69) is 35.8 Å². The van der Waals surface area contributed by atoms with Crippen LogP contribution in [-0.2, 0) is 0 Å². The monoisotopic (exact) mass is 462 g/mol. The molecule has 9 heteroatoms. The van der Waals surface area contributed by atoms with Crippen molar-refractivity contribution in [2.75, 3.05) is 19.6 Å². The molecule has 0 aliphatic carbocycles. The van der Waals surface area contributed by atoms with Gasteiger partial charge in [0.15, 0.2) is 5.82 Å². The molecule has 176 valence electrons. The third-order valence-electron chi connectivity index (χ3n) is 6.38. The molecule has 1 fully saturated rings. The van der Waals surface area contributed by atoms with Gasteiger partial charge in [0.2, 0.25) is 5.88 Å². The Labute approximate surface area is 197 Å². The minimum absolute atomic E-state index is 0.0601. The zero-order valence-electron chi connectivity index (χ0n) is 19.7. The molecule has 1 aliphatic heterocycles. The zero-order chi connectivity index (χ0) is 24.6. The third kappa shape index (κ3) is 4.13. The van der Waals surface area contributed by atoms with Gasteiger partial charge in [0.25, 0.3) is 5.91 Å². The van der Waals surface area contributed by atoms with Crippen LogP contribution >= 0.6 is 0 Å². The van der Waals surface area contributed by atoms with Crippen molar-refractivity contribution in [3.8, 4) is 28.9 Å². The third-order valence-corrected chi connectivity index (χ3v) is 6.38. The average molecular weight is 463 g/mol. The number of benzene rings is 1. The van der Waals surface area contributed by atoms with Crippen LogP contribution in [0.25, 0.3) is 16.9 Å². The predicted octanol–water partition coefficient (Wildman–Crippen LogP) is 3.51. The quantitative estimate of drug-likeness (QED) is 0.637. The van der Waals surface area contributed by atoms with Crippen LogP contribution < -0.4 is 0 Å². The number of amides is 1. The summed E-state index contributed by atoms with van der Waals surface area (Å²) in [5.41, 5.74) is 1.40. The summed E-state index contributed by atoms with van der Waals surface area (Å²) in [6, 6.07) is 8.74. The van der Waals surface area contributed by atoms with Crippen molar-refractivity contribution in [3.63, 3.8) is 0 Å². The molecular formula is C25H27FN6O2. The number of nitriles is 1. The van der Waals surface area contributed by atoms with Gasteiger partial charge in [-0.05, 0) is 57.0 Å². The molecule has 1 aromatic carbocycles. The number of nitrogens with zero attached hydrogens (tertiary/aromatic N) is 6. The van der Waals surface area contributed by atoms with Gasteiger partial charge >= 0.3 is 0 Å². The summed E-state index contributed by atoms with van der Waals surface area (Å²) < 4.78 is 15.6. The second-order valence-electron chi connectivity index (χ2n) is 8.84. The minimum Gasteiger partial charge on any atom is -0.493 e. The molecule has 2 aromatic heterocycles. The maximum atomic E-state index is 14.4. The minimum atomic E-state index is -0.628. The lowest BCUT2D eigenvalue weighted by Gasteiger charge is -2.42. The first kappa shape index (κ1) is 23.4. The predicted molar refractivity (Wildman–Crippen MR) is 125 cm³/mol. The smallest absolute Gasteiger partial charge is 0.255 e. The van der Waals surface area contributed by atoms with Crippen LogP contribution in [0.5, 0.6) is 5.88 Å². The first-order valence-corrected chi connectivity index (χ1v) is 11.2. The molecule has 1 atom stereocenters. The van der Waals surface area contributed by atoms with Crippen molar-refractivity contribution >= 4 is 5.91 Å². The molecule has 3 heterocycles. The van der Waals surface area contributed by atoms with Crippen LogP contribution in [0.4, 0.5) is 4.39 Å². The number of aromatic nitrogens is 3. The van der Waals surface area contributed by atoms with Crippen LogP contribution in [0.3, 0.4) is 0 Å². The van der Waals surface area contributed by atoms with Gasteiger partial charge in [0, 0.05) is 37.9 Å². The Morgan fingerprint density at radius 1 is 1.21 bits per heavy atom. The highest BCUT2D eigenvalue weighted by molar-refractivity contribution is 5.94. The van der Waals surface area contributed by atoms with Crippen molar-refractivity contribution in [3.05, 3.63) is 59.2 Å². The van der Waals surface area contributed by atoms with Crippen molar-refractivity contribution in [2.24, 2.45) is 0 Å². The van der Waals surface area contributed by atoms with Gasteiger partial charge in [-0.15, -0.1) is 0 Å². The topological polar surface area (TPSA) is 98.3 Å². The summed E-state index contributed by atoms with van der Waals surface area (Å²) in [6.07, 6.45) is 2.89. The van der Waals surface area contributed by atoms with Gasteiger partial charge in [0.1, 0.15) is 11.9 Å². The average Bonchev–Trinajstić information content (AvgIpc) is 3.21. The van der Waals surface area contributed by atoms with Crippen molar-refractivity contribution in [2.45, 2.75) is 39.8 Å². The first-order valence-electron chi connectivity index (χ1n) is 11.2. The summed E-state index contributed by atoms with van der Waals surface area (Å²) in [5.74, 6) is -0.595. The molecule has 1 saturated heterocycles. The Hall–Kier alpha value is -3.77. The maximum absolute atomic E-state index is 14.4. The highest BCUT2D eigenvalue weighted by Crippen LogP contribution is 2.34. The van der Waals surface area contributed by atoms with Crippen LogP contribution in [-0.4, -0.2) is 67.3 Å². The molecule has 1 N–H and O–H groups in total. The van der Waals surface area contributed by atoms with Gasteiger partial charge in [-0.1, -0.05) is 6.07 Å². The Morgan fingerprint density at radius 3 is 2.59 bits per heavy atom. The van der Waals surface area contributed by atoms with E-state index in [0.29, 0.717) is 41.6 Å². The highest BCUT2D eigenvalue weighted by Gasteiger charge is 2.28. The number of rotatable bonds is 4. The second-order valence-corrected chi connectivity index (χ2v) is 8.84. The van der Waals surface area contributed by atoms with E-state index in [1.807, 2.05) is 4.90 Å². The Bertz CT molecular complexity index is 1260. The van der Waals surface area contributed by atoms with E-state index >= 15 is 0 Å². The molecule has 8 nitrogen and oxygen atoms in total. The van der Waals surface area contributed by atoms with E-state index in [-0.39, 0.29) is 29.0 Å². The number of carbonyl (C=O) groups is 1. The van der Waals surface area contributed by atoms with Crippen molar-refractivity contribution in [1.82, 2.24) is 24.6 Å². The summed E-state index contributed by atoms with van der Waals surface area (Å²) in [5, 5.41) is 24.0. The summed E-state index contributed by atoms with van der Waals surface area (Å²) in [7, 11) is 0. The molecule has 0 bridgehead atoms. The molecule has 34 heavy (non-hydrogen) atoms. The van der Waals surface area contributed by atoms with Crippen molar-refractivity contribution in [1.29, 1.82) is 5.26 Å². The number of carbonyl (C=O) groups excluding carboxylic acids is 1. The number of halogens is 1. The molecule has 3 aromatic rings. The van der Waals surface area contributed by atoms with Crippen LogP contribution in [0.1, 0.15) is 42.3 Å². The first-order chi connectivity index (χ1) is 16.2. The Morgan fingerprint density at radius 2 is 1.97 bits per heavy atom. The van der Waals surface area contributed by atoms with Gasteiger partial charge in [-0.2, -0.15) is 15.0 Å². The van der Waals surface area contributed by atoms with Gasteiger partial charge < -0.3 is 10.0 Å². The Balaban J connectivity index is 1.55. The van der Waals surface area contributed by atoms with Gasteiger partial charge in [-0.25, -0.2) is 9.37 Å². The van der Waals surface area contributed by atoms with Crippen LogP contribution in [0.15, 0.2) is 36.7 Å². The molecule has 4 rings (SSSR count). The number of aromatic hydroxyl groups is 1. The number of pyridine rings is 1. The van der Waals surface area contributed by atoms with E-state index in [1.165, 1.54) is 23.1 Å². The number of hydrogen-bond acceptors (Lipinski definition) is 6. The SMILES string of the molecule is Cc1c(-c2cnn(-c3ccc(C(=O)N4CCN(C(C)C)[C@@H](C)C4)cn3)c2O)ccc(C#N)c1F. The molecule has 0 unspecified atom stereocenters. The molecule has 0 radical (unpaired) electrons. The number of piperazine rings is 1. The van der Waals surface area contributed by atoms with E-state index in [1.54, 1.807) is 31.2 Å². The lowest BCUT2D eigenvalue weighted by Crippen LogP contribution is -2.55. The normalized spacial score (nSPS) is 16.6. The fraction of sp³-hybridized carbons (Fsp3) is 0.360. The van der Waals surface area contributed by atoms with E-state index in [0.717, 1.165) is 6.54 Å². The van der Waals surface area contributed by atoms with E-state index in [9.17, 15) is 14.3 Å². The largest absolute Gasteiger partial charge is 0.493 e. The van der Waals surface area contributed by atoms with E-state index < -0.39 is 5.82 Å². The van der Waals surface area contributed by atoms with Crippen molar-refractivity contribution < 1.29 is 14.3 Å². The lowest BCUT2D eigenvalue weighted by molar-refractivity contribution is 0.0426. The fourth-order valence-corrected chi connectivity index (χ4v) is 4.51. The molecular weight excluding hydrogens is 435 g/mol. The lowest BCUT2D eigenvalue weighted by atomic mass is 10.00. The molecule has 1 aliphatic rings. The second kappa shape index (κ2) is 9.23. The van der Waals surface area contributed by atoms with Gasteiger partial charge in [0.05, 0.1) is 22.9 Å². The van der Waals surface area contributed by atoms with Gasteiger partial charge in [-0.3, -0.25) is 9.69 Å². The fourth-order valence-electron chi connectivity index (χ4n) is 4.51.